The Labute approximate surface area is 182 Å². The van der Waals surface area contributed by atoms with Crippen LogP contribution in [0.25, 0.3) is 11.0 Å². The van der Waals surface area contributed by atoms with Gasteiger partial charge in [-0.3, -0.25) is 9.52 Å². The molecule has 0 unspecified atom stereocenters. The molecule has 0 bridgehead atoms. The first-order valence-electron chi connectivity index (χ1n) is 9.47. The summed E-state index contributed by atoms with van der Waals surface area (Å²) in [5.41, 5.74) is 1.35. The summed E-state index contributed by atoms with van der Waals surface area (Å²) in [5, 5.41) is 2.75. The molecule has 4 N–H and O–H groups in total. The van der Waals surface area contributed by atoms with E-state index in [1.165, 1.54) is 37.4 Å². The average Bonchev–Trinajstić information content (AvgIpc) is 3.17. The van der Waals surface area contributed by atoms with E-state index in [2.05, 4.69) is 25.0 Å². The summed E-state index contributed by atoms with van der Waals surface area (Å²) >= 11 is 0. The van der Waals surface area contributed by atoms with E-state index in [4.69, 9.17) is 4.74 Å². The maximum absolute atomic E-state index is 12.9. The van der Waals surface area contributed by atoms with Crippen LogP contribution >= 0.6 is 0 Å². The molecule has 0 fully saturated rings. The number of nitrogens with zero attached hydrogens (tertiary/aromatic N) is 1. The standard InChI is InChI=1S/C21H19N5O5S/c1-31-20-13(5-4-10-22-20)12-23-19(27)15-6-2-3-7-16(15)26-32(29,30)14-8-9-17-18(11-14)25-21(28)24-17/h2-11,26H,12H2,1H3,(H,23,27)(H2,24,25,28). The van der Waals surface area contributed by atoms with Crippen molar-refractivity contribution in [2.45, 2.75) is 11.4 Å². The molecule has 0 radical (unpaired) electrons. The van der Waals surface area contributed by atoms with E-state index in [1.807, 2.05) is 0 Å². The summed E-state index contributed by atoms with van der Waals surface area (Å²) in [7, 11) is -2.54. The number of pyridine rings is 1. The molecule has 4 aromatic rings. The van der Waals surface area contributed by atoms with Gasteiger partial charge in [0.05, 0.1) is 34.3 Å². The van der Waals surface area contributed by atoms with Crippen LogP contribution in [-0.2, 0) is 16.6 Å². The number of imidazole rings is 1. The number of fused-ring (bicyclic) bond motifs is 1. The molecular formula is C21H19N5O5S. The Kier molecular flexibility index (Phi) is 5.65. The largest absolute Gasteiger partial charge is 0.481 e. The van der Waals surface area contributed by atoms with Gasteiger partial charge in [0.15, 0.2) is 0 Å². The lowest BCUT2D eigenvalue weighted by molar-refractivity contribution is 0.0951. The Hall–Kier alpha value is -4.12. The van der Waals surface area contributed by atoms with E-state index in [-0.39, 0.29) is 22.7 Å². The molecule has 2 heterocycles. The quantitative estimate of drug-likeness (QED) is 0.337. The number of carbonyl (C=O) groups excluding carboxylic acids is 1. The van der Waals surface area contributed by atoms with Crippen molar-refractivity contribution in [2.75, 3.05) is 11.8 Å². The molecule has 2 aromatic heterocycles. The predicted molar refractivity (Wildman–Crippen MR) is 118 cm³/mol. The molecule has 0 aliphatic rings. The van der Waals surface area contributed by atoms with Gasteiger partial charge in [0.1, 0.15) is 0 Å². The number of methoxy groups -OCH3 is 1. The molecule has 10 nitrogen and oxygen atoms in total. The zero-order valence-electron chi connectivity index (χ0n) is 16.9. The molecule has 0 saturated carbocycles. The number of carbonyl (C=O) groups is 1. The summed E-state index contributed by atoms with van der Waals surface area (Å²) in [6.07, 6.45) is 1.58. The van der Waals surface area contributed by atoms with Gasteiger partial charge < -0.3 is 20.0 Å². The van der Waals surface area contributed by atoms with Gasteiger partial charge in [-0.2, -0.15) is 0 Å². The van der Waals surface area contributed by atoms with Crippen LogP contribution in [0.1, 0.15) is 15.9 Å². The second-order valence-corrected chi connectivity index (χ2v) is 8.47. The van der Waals surface area contributed by atoms with Crippen molar-refractivity contribution >= 4 is 32.7 Å². The Morgan fingerprint density at radius 2 is 1.84 bits per heavy atom. The van der Waals surface area contributed by atoms with Crippen molar-refractivity contribution in [3.8, 4) is 5.88 Å². The summed E-state index contributed by atoms with van der Waals surface area (Å²) < 4.78 is 33.5. The average molecular weight is 453 g/mol. The number of ether oxygens (including phenoxy) is 1. The number of hydrogen-bond donors (Lipinski definition) is 4. The van der Waals surface area contributed by atoms with Crippen molar-refractivity contribution in [2.24, 2.45) is 0 Å². The van der Waals surface area contributed by atoms with Crippen molar-refractivity contribution in [1.29, 1.82) is 0 Å². The van der Waals surface area contributed by atoms with E-state index >= 15 is 0 Å². The van der Waals surface area contributed by atoms with Crippen LogP contribution in [0.15, 0.2) is 70.5 Å². The van der Waals surface area contributed by atoms with Gasteiger partial charge in [-0.1, -0.05) is 18.2 Å². The van der Waals surface area contributed by atoms with Gasteiger partial charge in [-0.15, -0.1) is 0 Å². The number of anilines is 1. The van der Waals surface area contributed by atoms with Crippen LogP contribution in [0.5, 0.6) is 5.88 Å². The molecule has 0 aliphatic carbocycles. The third-order valence-corrected chi connectivity index (χ3v) is 6.06. The van der Waals surface area contributed by atoms with E-state index in [1.54, 1.807) is 30.5 Å². The highest BCUT2D eigenvalue weighted by atomic mass is 32.2. The second-order valence-electron chi connectivity index (χ2n) is 6.79. The lowest BCUT2D eigenvalue weighted by Gasteiger charge is -2.13. The van der Waals surface area contributed by atoms with Gasteiger partial charge >= 0.3 is 5.69 Å². The van der Waals surface area contributed by atoms with E-state index < -0.39 is 21.6 Å². The van der Waals surface area contributed by atoms with Crippen molar-refractivity contribution in [3.05, 3.63) is 82.4 Å². The van der Waals surface area contributed by atoms with Crippen molar-refractivity contribution in [3.63, 3.8) is 0 Å². The normalized spacial score (nSPS) is 11.3. The Bertz CT molecular complexity index is 1460. The summed E-state index contributed by atoms with van der Waals surface area (Å²) in [6, 6.07) is 13.9. The molecule has 0 atom stereocenters. The molecule has 2 aromatic carbocycles. The van der Waals surface area contributed by atoms with Gasteiger partial charge in [-0.25, -0.2) is 18.2 Å². The van der Waals surface area contributed by atoms with Crippen LogP contribution in [0, 0.1) is 0 Å². The van der Waals surface area contributed by atoms with Gasteiger partial charge in [0, 0.05) is 18.3 Å². The van der Waals surface area contributed by atoms with Crippen LogP contribution < -0.4 is 20.5 Å². The zero-order chi connectivity index (χ0) is 22.7. The van der Waals surface area contributed by atoms with Gasteiger partial charge in [0.25, 0.3) is 15.9 Å². The molecule has 1 amide bonds. The molecule has 4 rings (SSSR count). The number of hydrogen-bond acceptors (Lipinski definition) is 6. The Morgan fingerprint density at radius 3 is 2.66 bits per heavy atom. The summed E-state index contributed by atoms with van der Waals surface area (Å²) in [5.74, 6) is -0.0837. The highest BCUT2D eigenvalue weighted by molar-refractivity contribution is 7.92. The SMILES string of the molecule is COc1ncccc1CNC(=O)c1ccccc1NS(=O)(=O)c1ccc2[nH]c(=O)[nH]c2c1. The van der Waals surface area contributed by atoms with Gasteiger partial charge in [-0.05, 0) is 36.4 Å². The fourth-order valence-electron chi connectivity index (χ4n) is 3.17. The maximum atomic E-state index is 12.9. The van der Waals surface area contributed by atoms with E-state index in [0.29, 0.717) is 22.5 Å². The fraction of sp³-hybridized carbons (Fsp3) is 0.0952. The van der Waals surface area contributed by atoms with Gasteiger partial charge in [0.2, 0.25) is 5.88 Å². The number of aromatic amines is 2. The first-order valence-corrected chi connectivity index (χ1v) is 11.0. The van der Waals surface area contributed by atoms with Crippen LogP contribution in [-0.4, -0.2) is 36.4 Å². The molecule has 164 valence electrons. The molecule has 0 spiro atoms. The maximum Gasteiger partial charge on any atom is 0.323 e. The molecule has 32 heavy (non-hydrogen) atoms. The number of nitrogens with one attached hydrogen (secondary N) is 4. The minimum Gasteiger partial charge on any atom is -0.481 e. The number of sulfonamides is 1. The highest BCUT2D eigenvalue weighted by Crippen LogP contribution is 2.22. The lowest BCUT2D eigenvalue weighted by Crippen LogP contribution is -2.25. The number of benzene rings is 2. The smallest absolute Gasteiger partial charge is 0.323 e. The minimum absolute atomic E-state index is 0.0597. The monoisotopic (exact) mass is 453 g/mol. The van der Waals surface area contributed by atoms with Crippen molar-refractivity contribution < 1.29 is 17.9 Å². The lowest BCUT2D eigenvalue weighted by atomic mass is 10.1. The Morgan fingerprint density at radius 1 is 1.06 bits per heavy atom. The van der Waals surface area contributed by atoms with E-state index in [9.17, 15) is 18.0 Å². The van der Waals surface area contributed by atoms with Crippen LogP contribution in [0.3, 0.4) is 0 Å². The number of rotatable bonds is 7. The number of para-hydroxylation sites is 1. The summed E-state index contributed by atoms with van der Waals surface area (Å²) in [4.78, 5) is 33.3. The first kappa shape index (κ1) is 21.1. The van der Waals surface area contributed by atoms with E-state index in [0.717, 1.165) is 0 Å². The number of aromatic nitrogens is 3. The number of amides is 1. The summed E-state index contributed by atoms with van der Waals surface area (Å²) in [6.45, 7) is 0.147. The highest BCUT2D eigenvalue weighted by Gasteiger charge is 2.19. The first-order chi connectivity index (χ1) is 15.4. The van der Waals surface area contributed by atoms with Crippen molar-refractivity contribution in [1.82, 2.24) is 20.3 Å². The van der Waals surface area contributed by atoms with Crippen LogP contribution in [0.4, 0.5) is 5.69 Å². The topological polar surface area (TPSA) is 146 Å². The third kappa shape index (κ3) is 4.32. The Balaban J connectivity index is 1.57. The predicted octanol–water partition coefficient (Wildman–Crippen LogP) is 1.99. The van der Waals surface area contributed by atoms with Crippen LogP contribution in [0.2, 0.25) is 0 Å². The zero-order valence-corrected chi connectivity index (χ0v) is 17.7. The minimum atomic E-state index is -4.03. The third-order valence-electron chi connectivity index (χ3n) is 4.70. The molecule has 11 heteroatoms. The molecular weight excluding hydrogens is 434 g/mol. The molecule has 0 aliphatic heterocycles. The molecule has 0 saturated heterocycles. The second kappa shape index (κ2) is 8.55. The fourth-order valence-corrected chi connectivity index (χ4v) is 4.27. The number of H-pyrrole nitrogens is 2.